The van der Waals surface area contributed by atoms with E-state index in [0.717, 1.165) is 16.6 Å². The number of alkyl halides is 2. The van der Waals surface area contributed by atoms with Crippen LogP contribution in [0.5, 0.6) is 0 Å². The lowest BCUT2D eigenvalue weighted by atomic mass is 10.1. The van der Waals surface area contributed by atoms with Crippen molar-refractivity contribution < 1.29 is 0 Å². The van der Waals surface area contributed by atoms with E-state index in [1.807, 2.05) is 42.5 Å². The number of halogens is 3. The first kappa shape index (κ1) is 17.3. The van der Waals surface area contributed by atoms with Gasteiger partial charge in [-0.25, -0.2) is 0 Å². The Labute approximate surface area is 168 Å². The molecule has 1 fully saturated rings. The molecule has 1 aliphatic rings. The van der Waals surface area contributed by atoms with Gasteiger partial charge in [0.05, 0.1) is 5.69 Å². The predicted octanol–water partition coefficient (Wildman–Crippen LogP) is 5.45. The molecule has 1 aliphatic carbocycles. The Morgan fingerprint density at radius 2 is 1.80 bits per heavy atom. The lowest BCUT2D eigenvalue weighted by Gasteiger charge is -2.17. The SMILES string of the molecule is ClC1(Cl)CC1C(Sc1nnnn1-c1ccc(Br)cc1)c1ccccc1. The van der Waals surface area contributed by atoms with E-state index in [2.05, 4.69) is 43.6 Å². The molecular formula is C17H13BrCl2N4S. The summed E-state index contributed by atoms with van der Waals surface area (Å²) in [5.41, 5.74) is 2.08. The summed E-state index contributed by atoms with van der Waals surface area (Å²) in [5, 5.41) is 13.0. The molecule has 0 N–H and O–H groups in total. The first-order valence-corrected chi connectivity index (χ1v) is 10.1. The molecule has 2 atom stereocenters. The normalized spacial score (nSPS) is 19.6. The Bertz CT molecular complexity index is 870. The van der Waals surface area contributed by atoms with Crippen molar-refractivity contribution in [3.8, 4) is 5.69 Å². The fraction of sp³-hybridized carbons (Fsp3) is 0.235. The molecule has 8 heteroatoms. The molecule has 0 aliphatic heterocycles. The minimum atomic E-state index is -0.677. The Balaban J connectivity index is 1.66. The average Bonchev–Trinajstić information content (AvgIpc) is 3.03. The van der Waals surface area contributed by atoms with Gasteiger partial charge in [0.25, 0.3) is 0 Å². The van der Waals surface area contributed by atoms with E-state index in [9.17, 15) is 0 Å². The molecule has 4 nitrogen and oxygen atoms in total. The van der Waals surface area contributed by atoms with E-state index in [1.54, 1.807) is 16.4 Å². The quantitative estimate of drug-likeness (QED) is 0.378. The molecule has 2 aromatic carbocycles. The maximum absolute atomic E-state index is 6.35. The molecular weight excluding hydrogens is 443 g/mol. The minimum absolute atomic E-state index is 0.0939. The zero-order valence-electron chi connectivity index (χ0n) is 12.9. The first-order valence-electron chi connectivity index (χ1n) is 7.68. The van der Waals surface area contributed by atoms with Crippen molar-refractivity contribution in [3.05, 3.63) is 64.6 Å². The van der Waals surface area contributed by atoms with E-state index < -0.39 is 4.33 Å². The standard InChI is InChI=1S/C17H13BrCl2N4S/c18-12-6-8-13(9-7-12)24-16(21-22-23-24)25-15(14-10-17(14,19)20)11-4-2-1-3-5-11/h1-9,14-15H,10H2. The van der Waals surface area contributed by atoms with Crippen LogP contribution < -0.4 is 0 Å². The van der Waals surface area contributed by atoms with Gasteiger partial charge in [0.15, 0.2) is 0 Å². The van der Waals surface area contributed by atoms with Crippen molar-refractivity contribution in [1.82, 2.24) is 20.2 Å². The first-order chi connectivity index (χ1) is 12.0. The Hall–Kier alpha value is -1.08. The second-order valence-electron chi connectivity index (χ2n) is 5.87. The minimum Gasteiger partial charge on any atom is -0.187 e. The van der Waals surface area contributed by atoms with Crippen LogP contribution in [0.2, 0.25) is 0 Å². The monoisotopic (exact) mass is 454 g/mol. The van der Waals surface area contributed by atoms with Crippen molar-refractivity contribution in [1.29, 1.82) is 0 Å². The number of hydrogen-bond donors (Lipinski definition) is 0. The van der Waals surface area contributed by atoms with Gasteiger partial charge in [0.1, 0.15) is 4.33 Å². The highest BCUT2D eigenvalue weighted by Crippen LogP contribution is 2.63. The molecule has 0 bridgehead atoms. The summed E-state index contributed by atoms with van der Waals surface area (Å²) in [4.78, 5) is 0. The Morgan fingerprint density at radius 1 is 1.12 bits per heavy atom. The highest BCUT2D eigenvalue weighted by atomic mass is 79.9. The summed E-state index contributed by atoms with van der Waals surface area (Å²) in [7, 11) is 0. The summed E-state index contributed by atoms with van der Waals surface area (Å²) < 4.78 is 2.07. The van der Waals surface area contributed by atoms with Crippen molar-refractivity contribution in [2.45, 2.75) is 21.2 Å². The summed E-state index contributed by atoms with van der Waals surface area (Å²) >= 11 is 17.7. The second kappa shape index (κ2) is 6.91. The number of hydrogen-bond acceptors (Lipinski definition) is 4. The number of aromatic nitrogens is 4. The molecule has 1 aromatic heterocycles. The Morgan fingerprint density at radius 3 is 2.44 bits per heavy atom. The summed E-state index contributed by atoms with van der Waals surface area (Å²) in [6.07, 6.45) is 0.766. The fourth-order valence-corrected chi connectivity index (χ4v) is 5.04. The van der Waals surface area contributed by atoms with Crippen LogP contribution in [0.3, 0.4) is 0 Å². The van der Waals surface area contributed by atoms with Crippen molar-refractivity contribution >= 4 is 50.9 Å². The van der Waals surface area contributed by atoms with Crippen LogP contribution in [-0.2, 0) is 0 Å². The second-order valence-corrected chi connectivity index (χ2v) is 9.44. The van der Waals surface area contributed by atoms with Gasteiger partial charge in [-0.3, -0.25) is 0 Å². The van der Waals surface area contributed by atoms with Crippen LogP contribution >= 0.6 is 50.9 Å². The van der Waals surface area contributed by atoms with E-state index in [0.29, 0.717) is 5.16 Å². The third-order valence-corrected chi connectivity index (χ3v) is 6.83. The average molecular weight is 456 g/mol. The van der Waals surface area contributed by atoms with Crippen LogP contribution in [0, 0.1) is 5.92 Å². The lowest BCUT2D eigenvalue weighted by Crippen LogP contribution is -2.05. The third-order valence-electron chi connectivity index (χ3n) is 4.11. The maximum atomic E-state index is 6.35. The van der Waals surface area contributed by atoms with Crippen LogP contribution in [0.1, 0.15) is 17.2 Å². The molecule has 25 heavy (non-hydrogen) atoms. The fourth-order valence-electron chi connectivity index (χ4n) is 2.70. The van der Waals surface area contributed by atoms with Crippen LogP contribution in [-0.4, -0.2) is 24.5 Å². The number of tetrazole rings is 1. The lowest BCUT2D eigenvalue weighted by molar-refractivity contribution is 0.745. The summed E-state index contributed by atoms with van der Waals surface area (Å²) in [6, 6.07) is 18.1. The van der Waals surface area contributed by atoms with E-state index in [-0.39, 0.29) is 11.2 Å². The Kier molecular flexibility index (Phi) is 4.79. The smallest absolute Gasteiger partial charge is 0.187 e. The molecule has 0 radical (unpaired) electrons. The maximum Gasteiger partial charge on any atom is 0.214 e. The zero-order valence-corrected chi connectivity index (χ0v) is 16.8. The molecule has 0 saturated heterocycles. The van der Waals surface area contributed by atoms with E-state index >= 15 is 0 Å². The van der Waals surface area contributed by atoms with E-state index in [4.69, 9.17) is 23.2 Å². The number of thioether (sulfide) groups is 1. The van der Waals surface area contributed by atoms with Gasteiger partial charge in [-0.2, -0.15) is 4.68 Å². The van der Waals surface area contributed by atoms with Gasteiger partial charge in [-0.1, -0.05) is 58.0 Å². The molecule has 1 saturated carbocycles. The van der Waals surface area contributed by atoms with Crippen molar-refractivity contribution in [2.75, 3.05) is 0 Å². The van der Waals surface area contributed by atoms with Crippen molar-refractivity contribution in [2.24, 2.45) is 5.92 Å². The summed E-state index contributed by atoms with van der Waals surface area (Å²) in [5.74, 6) is 0.165. The van der Waals surface area contributed by atoms with Crippen molar-refractivity contribution in [3.63, 3.8) is 0 Å². The molecule has 0 amide bonds. The molecule has 3 aromatic rings. The van der Waals surface area contributed by atoms with E-state index in [1.165, 1.54) is 5.56 Å². The number of nitrogens with zero attached hydrogens (tertiary/aromatic N) is 4. The van der Waals surface area contributed by atoms with Gasteiger partial charge in [0.2, 0.25) is 5.16 Å². The number of rotatable bonds is 5. The van der Waals surface area contributed by atoms with Crippen LogP contribution in [0.4, 0.5) is 0 Å². The number of benzene rings is 2. The van der Waals surface area contributed by atoms with Gasteiger partial charge in [-0.15, -0.1) is 28.3 Å². The molecule has 0 spiro atoms. The summed E-state index contributed by atoms with van der Waals surface area (Å²) in [6.45, 7) is 0. The topological polar surface area (TPSA) is 43.6 Å². The zero-order chi connectivity index (χ0) is 17.4. The van der Waals surface area contributed by atoms with Crippen LogP contribution in [0.15, 0.2) is 64.2 Å². The van der Waals surface area contributed by atoms with Gasteiger partial charge < -0.3 is 0 Å². The van der Waals surface area contributed by atoms with Gasteiger partial charge >= 0.3 is 0 Å². The molecule has 2 unspecified atom stereocenters. The molecule has 1 heterocycles. The highest BCUT2D eigenvalue weighted by molar-refractivity contribution is 9.10. The third kappa shape index (κ3) is 3.72. The molecule has 128 valence electrons. The van der Waals surface area contributed by atoms with Gasteiger partial charge in [0, 0.05) is 15.6 Å². The largest absolute Gasteiger partial charge is 0.214 e. The van der Waals surface area contributed by atoms with Crippen LogP contribution in [0.25, 0.3) is 5.69 Å². The predicted molar refractivity (Wildman–Crippen MR) is 104 cm³/mol. The van der Waals surface area contributed by atoms with Gasteiger partial charge in [-0.05, 0) is 46.7 Å². The highest BCUT2D eigenvalue weighted by Gasteiger charge is 2.56. The molecule has 4 rings (SSSR count).